The Morgan fingerprint density at radius 2 is 1.71 bits per heavy atom. The van der Waals surface area contributed by atoms with Crippen LogP contribution in [0.2, 0.25) is 0 Å². The van der Waals surface area contributed by atoms with E-state index in [2.05, 4.69) is 10.7 Å². The summed E-state index contributed by atoms with van der Waals surface area (Å²) in [5, 5.41) is 7.11. The molecule has 5 aliphatic rings. The van der Waals surface area contributed by atoms with E-state index in [1.165, 1.54) is 32.2 Å². The van der Waals surface area contributed by atoms with Crippen molar-refractivity contribution in [2.45, 2.75) is 129 Å². The van der Waals surface area contributed by atoms with E-state index in [1.54, 1.807) is 29.7 Å². The van der Waals surface area contributed by atoms with Crippen molar-refractivity contribution < 1.29 is 55.4 Å². The molecule has 1 spiro atoms. The second-order valence-electron chi connectivity index (χ2n) is 22.8. The fourth-order valence-electron chi connectivity index (χ4n) is 12.2. The highest BCUT2D eigenvalue weighted by Gasteiger charge is 2.52. The molecule has 17 nitrogen and oxygen atoms in total. The van der Waals surface area contributed by atoms with Gasteiger partial charge >= 0.3 is 12.1 Å². The summed E-state index contributed by atoms with van der Waals surface area (Å²) in [7, 11) is 1.58. The van der Waals surface area contributed by atoms with E-state index in [9.17, 15) is 41.5 Å². The van der Waals surface area contributed by atoms with E-state index in [0.717, 1.165) is 11.3 Å². The van der Waals surface area contributed by atoms with E-state index in [4.69, 9.17) is 31.0 Å². The summed E-state index contributed by atoms with van der Waals surface area (Å²) >= 11 is 6.64. The first-order valence-corrected chi connectivity index (χ1v) is 28.5. The van der Waals surface area contributed by atoms with Crippen molar-refractivity contribution in [3.8, 4) is 22.5 Å². The number of pyridine rings is 1. The number of ether oxygens (including phenoxy) is 2. The molecule has 9 rings (SSSR count). The van der Waals surface area contributed by atoms with Gasteiger partial charge in [0.25, 0.3) is 17.4 Å². The number of amides is 4. The molecule has 6 bridgehead atoms. The van der Waals surface area contributed by atoms with Crippen LogP contribution in [0.3, 0.4) is 0 Å². The lowest BCUT2D eigenvalue weighted by molar-refractivity contribution is -0.155. The van der Waals surface area contributed by atoms with Crippen LogP contribution < -0.4 is 15.6 Å². The predicted molar refractivity (Wildman–Crippen MR) is 288 cm³/mol. The Morgan fingerprint density at radius 1 is 1.00 bits per heavy atom. The molecule has 430 valence electrons. The van der Waals surface area contributed by atoms with E-state index < -0.39 is 88.8 Å². The van der Waals surface area contributed by atoms with Crippen LogP contribution in [-0.2, 0) is 52.8 Å². The van der Waals surface area contributed by atoms with E-state index in [1.807, 2.05) is 57.1 Å². The maximum atomic E-state index is 17.0. The topological polar surface area (TPSA) is 175 Å². The number of carbonyl (C=O) groups excluding carboxylic acids is 5. The number of carbonyl (C=O) groups is 5. The highest BCUT2D eigenvalue weighted by molar-refractivity contribution is 7.10. The minimum absolute atomic E-state index is 0.0464. The first-order valence-electron chi connectivity index (χ1n) is 27.2. The van der Waals surface area contributed by atoms with Crippen molar-refractivity contribution >= 4 is 69.1 Å². The van der Waals surface area contributed by atoms with Gasteiger partial charge < -0.3 is 34.1 Å². The number of nitrogens with one attached hydrogen (secondary N) is 2. The number of hydrogen-bond donors (Lipinski definition) is 2. The molecular formula is C55H70ClF5N10O7S. The van der Waals surface area contributed by atoms with Crippen molar-refractivity contribution in [1.82, 2.24) is 45.0 Å². The zero-order chi connectivity index (χ0) is 56.9. The van der Waals surface area contributed by atoms with Crippen molar-refractivity contribution in [1.29, 1.82) is 0 Å². The molecule has 8 heterocycles. The molecule has 2 N–H and O–H groups in total. The average Bonchev–Trinajstić information content (AvgIpc) is 4.33. The fourth-order valence-corrected chi connectivity index (χ4v) is 13.1. The van der Waals surface area contributed by atoms with Crippen molar-refractivity contribution in [2.24, 2.45) is 16.7 Å². The second kappa shape index (κ2) is 23.2. The number of likely N-dealkylation sites (tertiary alicyclic amines) is 2. The molecule has 0 radical (unpaired) electrons. The van der Waals surface area contributed by atoms with Crippen molar-refractivity contribution in [3.63, 3.8) is 0 Å². The number of piperidine rings is 1. The summed E-state index contributed by atoms with van der Waals surface area (Å²) < 4.78 is 84.9. The summed E-state index contributed by atoms with van der Waals surface area (Å²) in [6.45, 7) is 12.5. The van der Waals surface area contributed by atoms with Gasteiger partial charge in [0.2, 0.25) is 11.8 Å². The monoisotopic (exact) mass is 1140 g/mol. The number of methoxy groups -OCH3 is 1. The number of hydrogen-bond acceptors (Lipinski definition) is 13. The van der Waals surface area contributed by atoms with Gasteiger partial charge in [-0.25, -0.2) is 19.2 Å². The number of piperazine rings is 1. The molecule has 4 amide bonds. The summed E-state index contributed by atoms with van der Waals surface area (Å²) in [5.41, 5.74) is 3.91. The molecule has 24 heteroatoms. The zero-order valence-corrected chi connectivity index (χ0v) is 47.3. The molecule has 5 aliphatic heterocycles. The number of aromatic nitrogens is 3. The Balaban J connectivity index is 1.08. The maximum Gasteiger partial charge on any atom is 0.401 e. The van der Waals surface area contributed by atoms with Crippen LogP contribution in [0, 0.1) is 22.6 Å². The highest BCUT2D eigenvalue weighted by atomic mass is 35.5. The lowest BCUT2D eigenvalue weighted by Gasteiger charge is -2.39. The number of thiazole rings is 1. The summed E-state index contributed by atoms with van der Waals surface area (Å²) in [5.74, 6) is -3.77. The number of fused-ring (bicyclic) bond motifs is 6. The number of hydrazine groups is 1. The third kappa shape index (κ3) is 12.1. The standard InChI is InChI=1S/C55H70ClF5N10O7S/c1-8-69-42-24-38(57)35-23-34(42)37(46(69)36-22-33(27-62-44(36)32(4)77-7)67-20-18-66(19-21-67)29-55(59,60)61)26-53(5,6)30-78-51(75)39-10-9-14-71(65-39)49(73)40(25-43-63-41(35)28-79-43)64-48(72)45(31(2)3)70-17-13-54(52(70)76)11-15-68(16-12-54)50(74)47(56)58/h22-24,27-28,31-32,39-40,45,47,65H,8-21,25-26,29-30H2,1-7H3,(H,64,72)/t32-,39-,40-,45-,47-/m0/s1. The van der Waals surface area contributed by atoms with Crippen LogP contribution in [0.5, 0.6) is 0 Å². The van der Waals surface area contributed by atoms with Gasteiger partial charge in [-0.15, -0.1) is 11.3 Å². The molecule has 0 saturated carbocycles. The average molecular weight is 1150 g/mol. The van der Waals surface area contributed by atoms with Crippen molar-refractivity contribution in [2.75, 3.05) is 77.5 Å². The first-order chi connectivity index (χ1) is 37.4. The molecule has 79 heavy (non-hydrogen) atoms. The molecule has 4 saturated heterocycles. The number of benzene rings is 1. The van der Waals surface area contributed by atoms with Gasteiger partial charge in [0.05, 0.1) is 64.2 Å². The summed E-state index contributed by atoms with van der Waals surface area (Å²) in [4.78, 5) is 86.5. The van der Waals surface area contributed by atoms with Crippen LogP contribution in [0.15, 0.2) is 29.8 Å². The number of nitrogens with zero attached hydrogens (tertiary/aromatic N) is 8. The second-order valence-corrected chi connectivity index (χ2v) is 24.1. The van der Waals surface area contributed by atoms with Gasteiger partial charge in [0, 0.05) is 99.7 Å². The van der Waals surface area contributed by atoms with Crippen molar-refractivity contribution in [3.05, 3.63) is 51.9 Å². The summed E-state index contributed by atoms with van der Waals surface area (Å²) in [6.07, 6.45) is -1.14. The van der Waals surface area contributed by atoms with Gasteiger partial charge in [-0.2, -0.15) is 13.2 Å². The normalized spacial score (nSPS) is 22.6. The van der Waals surface area contributed by atoms with Crippen LogP contribution >= 0.6 is 22.9 Å². The van der Waals surface area contributed by atoms with Crippen LogP contribution in [0.25, 0.3) is 33.4 Å². The lowest BCUT2D eigenvalue weighted by Crippen LogP contribution is -2.62. The third-order valence-electron chi connectivity index (χ3n) is 16.4. The SMILES string of the molecule is CCn1c(-c2cc(N3CCN(CC(F)(F)F)CC3)cnc2[C@H](C)OC)c2c3cc(c(F)cc31)-c1csc(n1)C[C@H](NC(=O)[C@H](C(C)C)N1CCC3(CCN(C(=O)[C@H](F)Cl)CC3)C1=O)C(=O)N1CCC[C@H](N1)C(=O)OCC(C)(C)C2. The van der Waals surface area contributed by atoms with Gasteiger partial charge in [-0.05, 0) is 82.1 Å². The molecule has 0 unspecified atom stereocenters. The predicted octanol–water partition coefficient (Wildman–Crippen LogP) is 7.43. The van der Waals surface area contributed by atoms with Crippen LogP contribution in [0.1, 0.15) is 96.0 Å². The number of aryl methyl sites for hydroxylation is 1. The molecule has 4 fully saturated rings. The fraction of sp³-hybridized carbons (Fsp3) is 0.618. The van der Waals surface area contributed by atoms with Gasteiger partial charge in [-0.1, -0.05) is 39.3 Å². The molecule has 3 aromatic heterocycles. The van der Waals surface area contributed by atoms with Gasteiger partial charge in [0.1, 0.15) is 23.9 Å². The third-order valence-corrected chi connectivity index (χ3v) is 17.5. The molecule has 1 aromatic carbocycles. The largest absolute Gasteiger partial charge is 0.464 e. The van der Waals surface area contributed by atoms with E-state index in [-0.39, 0.29) is 76.6 Å². The number of alkyl halides is 5. The quantitative estimate of drug-likeness (QED) is 0.0866. The number of esters is 1. The molecule has 0 aliphatic carbocycles. The Morgan fingerprint density at radius 3 is 2.37 bits per heavy atom. The molecule has 4 aromatic rings. The Labute approximate surface area is 465 Å². The minimum atomic E-state index is -4.32. The first kappa shape index (κ1) is 58.2. The Bertz CT molecular complexity index is 2960. The van der Waals surface area contributed by atoms with Crippen LogP contribution in [0.4, 0.5) is 27.6 Å². The maximum absolute atomic E-state index is 17.0. The number of halogens is 6. The highest BCUT2D eigenvalue weighted by Crippen LogP contribution is 2.45. The number of anilines is 1. The zero-order valence-electron chi connectivity index (χ0n) is 45.7. The van der Waals surface area contributed by atoms with Crippen LogP contribution in [-0.4, -0.2) is 166 Å². The summed E-state index contributed by atoms with van der Waals surface area (Å²) in [6, 6.07) is 2.07. The van der Waals surface area contributed by atoms with E-state index in [0.29, 0.717) is 83.9 Å². The number of cyclic esters (lactones) is 1. The van der Waals surface area contributed by atoms with Gasteiger partial charge in [-0.3, -0.25) is 38.9 Å². The lowest BCUT2D eigenvalue weighted by atomic mass is 9.77. The Kier molecular flexibility index (Phi) is 17.1. The Hall–Kier alpha value is -5.49. The molecule has 5 atom stereocenters. The van der Waals surface area contributed by atoms with E-state index >= 15 is 4.39 Å². The minimum Gasteiger partial charge on any atom is -0.464 e. The van der Waals surface area contributed by atoms with Gasteiger partial charge in [0.15, 0.2) is 0 Å². The molecular weight excluding hydrogens is 1080 g/mol. The number of rotatable bonds is 11. The smallest absolute Gasteiger partial charge is 0.401 e.